The second kappa shape index (κ2) is 11.3. The van der Waals surface area contributed by atoms with Crippen molar-refractivity contribution < 1.29 is 14.3 Å². The van der Waals surface area contributed by atoms with Gasteiger partial charge in [0, 0.05) is 18.2 Å². The molecule has 0 spiro atoms. The highest BCUT2D eigenvalue weighted by atomic mass is 16.6. The Bertz CT molecular complexity index is 943. The van der Waals surface area contributed by atoms with Crippen molar-refractivity contribution in [2.75, 3.05) is 38.2 Å². The van der Waals surface area contributed by atoms with Gasteiger partial charge in [-0.2, -0.15) is 0 Å². The summed E-state index contributed by atoms with van der Waals surface area (Å²) in [6, 6.07) is 14.5. The molecule has 1 atom stereocenters. The standard InChI is InChI=1S/C29H40N2O3/c1-29(2,3)24-11-9-22(10-12-24)23(8-7-17-31-15-5-4-6-16-31)20-28(32)30-25-13-14-26-27(21-25)34-19-18-33-26/h9-14,21,23H,4-8,15-20H2,1-3H3,(H,30,32). The first kappa shape index (κ1) is 24.6. The van der Waals surface area contributed by atoms with Gasteiger partial charge in [0.15, 0.2) is 11.5 Å². The van der Waals surface area contributed by atoms with Crippen LogP contribution in [0.3, 0.4) is 0 Å². The van der Waals surface area contributed by atoms with E-state index in [-0.39, 0.29) is 17.2 Å². The van der Waals surface area contributed by atoms with Crippen molar-refractivity contribution in [2.24, 2.45) is 0 Å². The van der Waals surface area contributed by atoms with Crippen LogP contribution in [0.1, 0.15) is 76.3 Å². The SMILES string of the molecule is CC(C)(C)c1ccc(C(CCCN2CCCCC2)CC(=O)Nc2ccc3c(c2)OCCO3)cc1. The van der Waals surface area contributed by atoms with Crippen LogP contribution in [0.15, 0.2) is 42.5 Å². The van der Waals surface area contributed by atoms with E-state index in [0.717, 1.165) is 30.8 Å². The lowest BCUT2D eigenvalue weighted by molar-refractivity contribution is -0.116. The molecule has 2 aliphatic rings. The molecule has 5 heteroatoms. The summed E-state index contributed by atoms with van der Waals surface area (Å²) in [4.78, 5) is 15.6. The van der Waals surface area contributed by atoms with Gasteiger partial charge in [0.25, 0.3) is 0 Å². The summed E-state index contributed by atoms with van der Waals surface area (Å²) in [7, 11) is 0. The number of benzene rings is 2. The van der Waals surface area contributed by atoms with Crippen molar-refractivity contribution in [1.82, 2.24) is 4.90 Å². The molecule has 1 fully saturated rings. The van der Waals surface area contributed by atoms with Crippen LogP contribution < -0.4 is 14.8 Å². The van der Waals surface area contributed by atoms with E-state index in [1.54, 1.807) is 0 Å². The Labute approximate surface area is 204 Å². The summed E-state index contributed by atoms with van der Waals surface area (Å²) in [5, 5.41) is 3.08. The van der Waals surface area contributed by atoms with Gasteiger partial charge in [0.1, 0.15) is 13.2 Å². The molecule has 2 heterocycles. The summed E-state index contributed by atoms with van der Waals surface area (Å²) >= 11 is 0. The first-order chi connectivity index (χ1) is 16.4. The Balaban J connectivity index is 1.41. The molecule has 2 aliphatic heterocycles. The number of hydrogen-bond acceptors (Lipinski definition) is 4. The zero-order valence-electron chi connectivity index (χ0n) is 21.1. The maximum absolute atomic E-state index is 13.1. The number of anilines is 1. The number of carbonyl (C=O) groups is 1. The molecular weight excluding hydrogens is 424 g/mol. The number of likely N-dealkylation sites (tertiary alicyclic amines) is 1. The number of ether oxygens (including phenoxy) is 2. The van der Waals surface area contributed by atoms with Crippen molar-refractivity contribution >= 4 is 11.6 Å². The van der Waals surface area contributed by atoms with Crippen LogP contribution in [-0.2, 0) is 10.2 Å². The van der Waals surface area contributed by atoms with E-state index in [1.165, 1.54) is 43.5 Å². The average molecular weight is 465 g/mol. The third-order valence-corrected chi connectivity index (χ3v) is 6.98. The molecule has 0 aliphatic carbocycles. The third-order valence-electron chi connectivity index (χ3n) is 6.98. The van der Waals surface area contributed by atoms with Crippen LogP contribution in [0.4, 0.5) is 5.69 Å². The van der Waals surface area contributed by atoms with E-state index in [0.29, 0.717) is 25.4 Å². The summed E-state index contributed by atoms with van der Waals surface area (Å²) in [5.41, 5.74) is 3.45. The van der Waals surface area contributed by atoms with Gasteiger partial charge in [0.05, 0.1) is 0 Å². The van der Waals surface area contributed by atoms with Gasteiger partial charge in [-0.15, -0.1) is 0 Å². The lowest BCUT2D eigenvalue weighted by Crippen LogP contribution is -2.30. The van der Waals surface area contributed by atoms with E-state index in [2.05, 4.69) is 55.3 Å². The van der Waals surface area contributed by atoms with Crippen LogP contribution >= 0.6 is 0 Å². The first-order valence-corrected chi connectivity index (χ1v) is 12.9. The highest BCUT2D eigenvalue weighted by molar-refractivity contribution is 5.91. The minimum atomic E-state index is 0.0412. The van der Waals surface area contributed by atoms with Gasteiger partial charge in [-0.25, -0.2) is 0 Å². The van der Waals surface area contributed by atoms with E-state index < -0.39 is 0 Å². The van der Waals surface area contributed by atoms with Crippen molar-refractivity contribution in [1.29, 1.82) is 0 Å². The van der Waals surface area contributed by atoms with Crippen molar-refractivity contribution in [2.45, 2.75) is 70.6 Å². The van der Waals surface area contributed by atoms with Crippen molar-refractivity contribution in [3.63, 3.8) is 0 Å². The molecule has 2 aromatic rings. The molecule has 0 aromatic heterocycles. The maximum atomic E-state index is 13.1. The minimum Gasteiger partial charge on any atom is -0.486 e. The van der Waals surface area contributed by atoms with Crippen LogP contribution in [0.5, 0.6) is 11.5 Å². The van der Waals surface area contributed by atoms with E-state index in [9.17, 15) is 4.79 Å². The Morgan fingerprint density at radius 2 is 1.68 bits per heavy atom. The molecule has 0 bridgehead atoms. The number of nitrogens with zero attached hydrogens (tertiary/aromatic N) is 1. The second-order valence-electron chi connectivity index (χ2n) is 10.7. The molecule has 5 nitrogen and oxygen atoms in total. The van der Waals surface area contributed by atoms with Crippen LogP contribution in [-0.4, -0.2) is 43.7 Å². The van der Waals surface area contributed by atoms with Gasteiger partial charge < -0.3 is 19.7 Å². The third kappa shape index (κ3) is 6.75. The lowest BCUT2D eigenvalue weighted by Gasteiger charge is -2.27. The summed E-state index contributed by atoms with van der Waals surface area (Å²) in [6.45, 7) is 11.4. The highest BCUT2D eigenvalue weighted by Gasteiger charge is 2.20. The molecule has 184 valence electrons. The normalized spacial score (nSPS) is 17.3. The van der Waals surface area contributed by atoms with Gasteiger partial charge in [-0.3, -0.25) is 4.79 Å². The Morgan fingerprint density at radius 3 is 2.38 bits per heavy atom. The van der Waals surface area contributed by atoms with Crippen LogP contribution in [0, 0.1) is 0 Å². The molecule has 4 rings (SSSR count). The molecule has 0 radical (unpaired) electrons. The predicted octanol–water partition coefficient (Wildman–Crippen LogP) is 6.13. The Kier molecular flexibility index (Phi) is 8.15. The van der Waals surface area contributed by atoms with E-state index in [1.807, 2.05) is 18.2 Å². The molecule has 0 saturated carbocycles. The van der Waals surface area contributed by atoms with Gasteiger partial charge >= 0.3 is 0 Å². The first-order valence-electron chi connectivity index (χ1n) is 12.9. The van der Waals surface area contributed by atoms with Gasteiger partial charge in [0.2, 0.25) is 5.91 Å². The van der Waals surface area contributed by atoms with Gasteiger partial charge in [-0.05, 0) is 79.9 Å². The number of fused-ring (bicyclic) bond motifs is 1. The zero-order valence-corrected chi connectivity index (χ0v) is 21.1. The molecule has 1 unspecified atom stereocenters. The van der Waals surface area contributed by atoms with Crippen LogP contribution in [0.25, 0.3) is 0 Å². The summed E-state index contributed by atoms with van der Waals surface area (Å²) < 4.78 is 11.3. The number of piperidine rings is 1. The zero-order chi connectivity index (χ0) is 24.0. The fourth-order valence-electron chi connectivity index (χ4n) is 4.94. The summed E-state index contributed by atoms with van der Waals surface area (Å²) in [5.74, 6) is 1.68. The molecule has 34 heavy (non-hydrogen) atoms. The second-order valence-corrected chi connectivity index (χ2v) is 10.7. The predicted molar refractivity (Wildman–Crippen MR) is 138 cm³/mol. The number of rotatable bonds is 8. The molecule has 1 N–H and O–H groups in total. The average Bonchev–Trinajstić information content (AvgIpc) is 2.83. The van der Waals surface area contributed by atoms with Crippen molar-refractivity contribution in [3.05, 3.63) is 53.6 Å². The minimum absolute atomic E-state index is 0.0412. The van der Waals surface area contributed by atoms with Crippen molar-refractivity contribution in [3.8, 4) is 11.5 Å². The Hall–Kier alpha value is -2.53. The molecule has 2 aromatic carbocycles. The number of amides is 1. The number of nitrogens with one attached hydrogen (secondary N) is 1. The number of carbonyl (C=O) groups excluding carboxylic acids is 1. The fourth-order valence-corrected chi connectivity index (χ4v) is 4.94. The van der Waals surface area contributed by atoms with E-state index in [4.69, 9.17) is 9.47 Å². The van der Waals surface area contributed by atoms with E-state index >= 15 is 0 Å². The molecule has 1 amide bonds. The molecular formula is C29H40N2O3. The largest absolute Gasteiger partial charge is 0.486 e. The van der Waals surface area contributed by atoms with Crippen LogP contribution in [0.2, 0.25) is 0 Å². The topological polar surface area (TPSA) is 50.8 Å². The monoisotopic (exact) mass is 464 g/mol. The quantitative estimate of drug-likeness (QED) is 0.510. The maximum Gasteiger partial charge on any atom is 0.224 e. The lowest BCUT2D eigenvalue weighted by atomic mass is 9.84. The smallest absolute Gasteiger partial charge is 0.224 e. The Morgan fingerprint density at radius 1 is 0.971 bits per heavy atom. The number of hydrogen-bond donors (Lipinski definition) is 1. The van der Waals surface area contributed by atoms with Gasteiger partial charge in [-0.1, -0.05) is 51.5 Å². The fraction of sp³-hybridized carbons (Fsp3) is 0.552. The summed E-state index contributed by atoms with van der Waals surface area (Å²) in [6.07, 6.45) is 6.59. The highest BCUT2D eigenvalue weighted by Crippen LogP contribution is 2.33. The molecule has 1 saturated heterocycles.